The van der Waals surface area contributed by atoms with Crippen molar-refractivity contribution in [2.45, 2.75) is 27.7 Å². The van der Waals surface area contributed by atoms with Gasteiger partial charge in [0.15, 0.2) is 5.13 Å². The van der Waals surface area contributed by atoms with Crippen molar-refractivity contribution in [1.29, 1.82) is 0 Å². The lowest BCUT2D eigenvalue weighted by molar-refractivity contribution is 0.643. The van der Waals surface area contributed by atoms with Crippen LogP contribution in [0.1, 0.15) is 22.1 Å². The summed E-state index contributed by atoms with van der Waals surface area (Å²) in [4.78, 5) is 19.6. The first-order valence-corrected chi connectivity index (χ1v) is 8.11. The van der Waals surface area contributed by atoms with Crippen molar-refractivity contribution in [2.24, 2.45) is 0 Å². The zero-order valence-corrected chi connectivity index (χ0v) is 13.9. The second-order valence-corrected chi connectivity index (χ2v) is 6.71. The maximum absolute atomic E-state index is 4.66. The molecule has 0 spiro atoms. The van der Waals surface area contributed by atoms with Crippen molar-refractivity contribution < 1.29 is 0 Å². The predicted molar refractivity (Wildman–Crippen MR) is 87.5 cm³/mol. The quantitative estimate of drug-likeness (QED) is 0.853. The van der Waals surface area contributed by atoms with Crippen LogP contribution in [0.25, 0.3) is 0 Å². The Balaban J connectivity index is 1.70. The van der Waals surface area contributed by atoms with Crippen LogP contribution in [-0.2, 0) is 0 Å². The Morgan fingerprint density at radius 2 is 1.57 bits per heavy atom. The molecular weight excluding hydrogens is 282 g/mol. The molecule has 112 valence electrons. The topological polar surface area (TPSA) is 45.2 Å². The number of hydrogen-bond donors (Lipinski definition) is 0. The molecule has 0 amide bonds. The average molecular weight is 303 g/mol. The highest BCUT2D eigenvalue weighted by molar-refractivity contribution is 7.15. The minimum absolute atomic E-state index is 0.846. The van der Waals surface area contributed by atoms with Crippen LogP contribution < -0.4 is 9.80 Å². The van der Waals surface area contributed by atoms with E-state index in [4.69, 9.17) is 0 Å². The summed E-state index contributed by atoms with van der Waals surface area (Å²) in [5, 5.41) is 1.15. The van der Waals surface area contributed by atoms with Crippen molar-refractivity contribution in [1.82, 2.24) is 15.0 Å². The van der Waals surface area contributed by atoms with Gasteiger partial charge >= 0.3 is 0 Å². The maximum atomic E-state index is 4.66. The second-order valence-electron chi connectivity index (χ2n) is 5.53. The van der Waals surface area contributed by atoms with Gasteiger partial charge in [0, 0.05) is 42.8 Å². The van der Waals surface area contributed by atoms with E-state index in [-0.39, 0.29) is 0 Å². The summed E-state index contributed by atoms with van der Waals surface area (Å²) < 4.78 is 0. The zero-order valence-electron chi connectivity index (χ0n) is 13.1. The second kappa shape index (κ2) is 5.60. The van der Waals surface area contributed by atoms with E-state index in [0.29, 0.717) is 0 Å². The summed E-state index contributed by atoms with van der Waals surface area (Å²) in [6.07, 6.45) is 0. The predicted octanol–water partition coefficient (Wildman–Crippen LogP) is 2.49. The summed E-state index contributed by atoms with van der Waals surface area (Å²) in [5.41, 5.74) is 2.19. The number of rotatable bonds is 2. The van der Waals surface area contributed by atoms with Crippen molar-refractivity contribution in [3.05, 3.63) is 28.2 Å². The fourth-order valence-corrected chi connectivity index (χ4v) is 3.54. The van der Waals surface area contributed by atoms with E-state index in [0.717, 1.165) is 54.3 Å². The van der Waals surface area contributed by atoms with E-state index < -0.39 is 0 Å². The first-order chi connectivity index (χ1) is 10.0. The highest BCUT2D eigenvalue weighted by Gasteiger charge is 2.21. The first kappa shape index (κ1) is 14.3. The van der Waals surface area contributed by atoms with E-state index in [2.05, 4.69) is 44.7 Å². The summed E-state index contributed by atoms with van der Waals surface area (Å²) >= 11 is 1.79. The number of aromatic nitrogens is 3. The Kier molecular flexibility index (Phi) is 3.80. The molecule has 6 heteroatoms. The third-order valence-electron chi connectivity index (χ3n) is 3.84. The molecular formula is C15H21N5S. The highest BCUT2D eigenvalue weighted by atomic mass is 32.1. The Hall–Kier alpha value is -1.69. The van der Waals surface area contributed by atoms with E-state index in [1.807, 2.05) is 13.8 Å². The van der Waals surface area contributed by atoms with Crippen LogP contribution in [0.4, 0.5) is 10.9 Å². The van der Waals surface area contributed by atoms with E-state index in [9.17, 15) is 0 Å². The summed E-state index contributed by atoms with van der Waals surface area (Å²) in [7, 11) is 0. The molecule has 0 bridgehead atoms. The zero-order chi connectivity index (χ0) is 15.0. The number of piperazine rings is 1. The molecule has 0 N–H and O–H groups in total. The van der Waals surface area contributed by atoms with Crippen molar-refractivity contribution in [2.75, 3.05) is 36.0 Å². The minimum atomic E-state index is 0.846. The van der Waals surface area contributed by atoms with Gasteiger partial charge in [-0.15, -0.1) is 11.3 Å². The lowest BCUT2D eigenvalue weighted by Gasteiger charge is -2.35. The third-order valence-corrected chi connectivity index (χ3v) is 4.98. The van der Waals surface area contributed by atoms with Crippen LogP contribution in [0.5, 0.6) is 0 Å². The average Bonchev–Trinajstić information content (AvgIpc) is 2.78. The number of nitrogens with zero attached hydrogens (tertiary/aromatic N) is 5. The molecule has 3 rings (SSSR count). The van der Waals surface area contributed by atoms with Gasteiger partial charge in [0.25, 0.3) is 0 Å². The fourth-order valence-electron chi connectivity index (χ4n) is 2.58. The molecule has 0 saturated carbocycles. The molecule has 0 atom stereocenters. The van der Waals surface area contributed by atoms with Gasteiger partial charge in [-0.05, 0) is 27.7 Å². The third kappa shape index (κ3) is 3.00. The Morgan fingerprint density at radius 3 is 2.14 bits per heavy atom. The molecule has 1 aliphatic rings. The molecule has 0 unspecified atom stereocenters. The van der Waals surface area contributed by atoms with Gasteiger partial charge in [-0.1, -0.05) is 0 Å². The number of thiazole rings is 1. The van der Waals surface area contributed by atoms with Crippen LogP contribution in [0.3, 0.4) is 0 Å². The van der Waals surface area contributed by atoms with E-state index in [1.54, 1.807) is 11.3 Å². The Labute approximate surface area is 129 Å². The van der Waals surface area contributed by atoms with Gasteiger partial charge < -0.3 is 9.80 Å². The molecule has 1 fully saturated rings. The molecule has 5 nitrogen and oxygen atoms in total. The minimum Gasteiger partial charge on any atom is -0.353 e. The van der Waals surface area contributed by atoms with Gasteiger partial charge in [-0.2, -0.15) is 0 Å². The highest BCUT2D eigenvalue weighted by Crippen LogP contribution is 2.26. The lowest BCUT2D eigenvalue weighted by atomic mass is 10.3. The van der Waals surface area contributed by atoms with Gasteiger partial charge in [-0.25, -0.2) is 15.0 Å². The molecule has 1 saturated heterocycles. The summed E-state index contributed by atoms with van der Waals surface area (Å²) in [6.45, 7) is 12.1. The lowest BCUT2D eigenvalue weighted by Crippen LogP contribution is -2.46. The van der Waals surface area contributed by atoms with Gasteiger partial charge in [0.1, 0.15) is 11.6 Å². The molecule has 3 heterocycles. The van der Waals surface area contributed by atoms with E-state index in [1.165, 1.54) is 4.88 Å². The Bertz CT molecular complexity index is 604. The van der Waals surface area contributed by atoms with Crippen molar-refractivity contribution in [3.63, 3.8) is 0 Å². The summed E-state index contributed by atoms with van der Waals surface area (Å²) in [6, 6.07) is 2.07. The molecule has 0 aliphatic carbocycles. The van der Waals surface area contributed by atoms with Crippen LogP contribution in [-0.4, -0.2) is 41.1 Å². The molecule has 2 aromatic heterocycles. The first-order valence-electron chi connectivity index (χ1n) is 7.29. The van der Waals surface area contributed by atoms with Gasteiger partial charge in [0.05, 0.1) is 5.69 Å². The molecule has 0 aromatic carbocycles. The fraction of sp³-hybridized carbons (Fsp3) is 0.533. The molecule has 0 radical (unpaired) electrons. The number of aryl methyl sites for hydroxylation is 4. The number of anilines is 2. The standard InChI is InChI=1S/C15H21N5S/c1-10-9-14(18-13(4)16-10)19-5-7-20(8-6-19)15-17-11(2)12(3)21-15/h9H,5-8H2,1-4H3. The molecule has 1 aliphatic heterocycles. The van der Waals surface area contributed by atoms with Crippen molar-refractivity contribution in [3.8, 4) is 0 Å². The van der Waals surface area contributed by atoms with Gasteiger partial charge in [0.2, 0.25) is 0 Å². The number of hydrogen-bond acceptors (Lipinski definition) is 6. The normalized spacial score (nSPS) is 15.6. The summed E-state index contributed by atoms with van der Waals surface area (Å²) in [5.74, 6) is 1.89. The Morgan fingerprint density at radius 1 is 0.905 bits per heavy atom. The van der Waals surface area contributed by atoms with Crippen molar-refractivity contribution >= 4 is 22.3 Å². The van der Waals surface area contributed by atoms with E-state index >= 15 is 0 Å². The smallest absolute Gasteiger partial charge is 0.185 e. The SMILES string of the molecule is Cc1cc(N2CCN(c3nc(C)c(C)s3)CC2)nc(C)n1. The van der Waals surface area contributed by atoms with Gasteiger partial charge in [-0.3, -0.25) is 0 Å². The maximum Gasteiger partial charge on any atom is 0.185 e. The van der Waals surface area contributed by atoms with Crippen LogP contribution in [0, 0.1) is 27.7 Å². The molecule has 2 aromatic rings. The van der Waals surface area contributed by atoms with Crippen LogP contribution >= 0.6 is 11.3 Å². The molecule has 21 heavy (non-hydrogen) atoms. The monoisotopic (exact) mass is 303 g/mol. The largest absolute Gasteiger partial charge is 0.353 e. The van der Waals surface area contributed by atoms with Crippen LogP contribution in [0.2, 0.25) is 0 Å². The van der Waals surface area contributed by atoms with Crippen LogP contribution in [0.15, 0.2) is 6.07 Å².